The van der Waals surface area contributed by atoms with Crippen molar-refractivity contribution in [1.29, 1.82) is 0 Å². The minimum absolute atomic E-state index is 0.0365. The van der Waals surface area contributed by atoms with E-state index in [1.165, 1.54) is 12.2 Å². The predicted octanol–water partition coefficient (Wildman–Crippen LogP) is 1.20. The molecule has 1 aromatic rings. The van der Waals surface area contributed by atoms with Crippen LogP contribution in [0.5, 0.6) is 0 Å². The molecule has 2 bridgehead atoms. The Morgan fingerprint density at radius 2 is 1.83 bits per heavy atom. The number of carbonyl (C=O) groups is 3. The molecule has 3 fully saturated rings. The number of amides is 3. The fourth-order valence-electron chi connectivity index (χ4n) is 5.06. The second kappa shape index (κ2) is 8.37. The third-order valence-corrected chi connectivity index (χ3v) is 6.40. The van der Waals surface area contributed by atoms with Crippen LogP contribution in [0.3, 0.4) is 0 Å². The molecule has 3 amide bonds. The summed E-state index contributed by atoms with van der Waals surface area (Å²) in [6.45, 7) is -0.158. The number of aliphatic hydroxyl groups excluding tert-OH is 1. The normalized spacial score (nSPS) is 30.5. The molecule has 5 atom stereocenters. The van der Waals surface area contributed by atoms with Gasteiger partial charge in [-0.3, -0.25) is 14.4 Å². The van der Waals surface area contributed by atoms with Gasteiger partial charge in [-0.05, 0) is 55.2 Å². The van der Waals surface area contributed by atoms with Crippen LogP contribution in [0.25, 0.3) is 0 Å². The van der Waals surface area contributed by atoms with Crippen LogP contribution in [0.2, 0.25) is 0 Å². The molecule has 0 aromatic heterocycles. The molecule has 1 unspecified atom stereocenters. The molecule has 3 aliphatic rings. The highest BCUT2D eigenvalue weighted by molar-refractivity contribution is 5.94. The van der Waals surface area contributed by atoms with E-state index in [2.05, 4.69) is 16.0 Å². The van der Waals surface area contributed by atoms with E-state index in [-0.39, 0.29) is 48.4 Å². The summed E-state index contributed by atoms with van der Waals surface area (Å²) in [6.07, 6.45) is 7.01. The van der Waals surface area contributed by atoms with Crippen LogP contribution in [-0.4, -0.2) is 41.5 Å². The first-order valence-corrected chi connectivity index (χ1v) is 10.3. The monoisotopic (exact) mass is 397 g/mol. The Morgan fingerprint density at radius 1 is 1.10 bits per heavy atom. The predicted molar refractivity (Wildman–Crippen MR) is 107 cm³/mol. The number of fused-ring (bicyclic) bond motifs is 2. The third-order valence-electron chi connectivity index (χ3n) is 6.40. The minimum atomic E-state index is -0.198. The van der Waals surface area contributed by atoms with E-state index in [1.54, 1.807) is 12.1 Å². The molecular formula is C22H27N3O4. The third kappa shape index (κ3) is 4.34. The van der Waals surface area contributed by atoms with Crippen LogP contribution in [0.15, 0.2) is 36.4 Å². The molecule has 2 aliphatic carbocycles. The Morgan fingerprint density at radius 3 is 2.45 bits per heavy atom. The summed E-state index contributed by atoms with van der Waals surface area (Å²) in [5.41, 5.74) is 1.62. The average Bonchev–Trinajstić information content (AvgIpc) is 3.42. The zero-order valence-corrected chi connectivity index (χ0v) is 16.3. The van der Waals surface area contributed by atoms with Crippen molar-refractivity contribution < 1.29 is 19.5 Å². The maximum atomic E-state index is 12.7. The molecular weight excluding hydrogens is 370 g/mol. The molecule has 154 valence electrons. The Balaban J connectivity index is 1.34. The smallest absolute Gasteiger partial charge is 0.251 e. The summed E-state index contributed by atoms with van der Waals surface area (Å²) in [7, 11) is 0. The fourth-order valence-corrected chi connectivity index (χ4v) is 5.06. The zero-order valence-electron chi connectivity index (χ0n) is 16.3. The Kier molecular flexibility index (Phi) is 5.67. The van der Waals surface area contributed by atoms with E-state index in [0.29, 0.717) is 17.9 Å². The molecule has 7 nitrogen and oxygen atoms in total. The van der Waals surface area contributed by atoms with Crippen molar-refractivity contribution in [3.8, 4) is 0 Å². The van der Waals surface area contributed by atoms with Gasteiger partial charge in [-0.25, -0.2) is 0 Å². The maximum absolute atomic E-state index is 12.7. The summed E-state index contributed by atoms with van der Waals surface area (Å²) >= 11 is 0. The van der Waals surface area contributed by atoms with Gasteiger partial charge in [0, 0.05) is 30.1 Å². The summed E-state index contributed by atoms with van der Waals surface area (Å²) in [4.78, 5) is 36.0. The van der Waals surface area contributed by atoms with Crippen molar-refractivity contribution in [2.24, 2.45) is 11.8 Å². The largest absolute Gasteiger partial charge is 0.392 e. The summed E-state index contributed by atoms with van der Waals surface area (Å²) in [6, 6.07) is 7.58. The van der Waals surface area contributed by atoms with Gasteiger partial charge < -0.3 is 21.1 Å². The molecule has 29 heavy (non-hydrogen) atoms. The van der Waals surface area contributed by atoms with Crippen LogP contribution in [0.4, 0.5) is 0 Å². The van der Waals surface area contributed by atoms with Gasteiger partial charge in [-0.1, -0.05) is 18.2 Å². The number of aliphatic hydroxyl groups is 1. The van der Waals surface area contributed by atoms with Gasteiger partial charge in [0.2, 0.25) is 11.8 Å². The van der Waals surface area contributed by atoms with E-state index in [1.807, 2.05) is 12.1 Å². The van der Waals surface area contributed by atoms with Crippen LogP contribution in [-0.2, 0) is 9.59 Å². The first kappa shape index (κ1) is 19.6. The first-order valence-electron chi connectivity index (χ1n) is 10.3. The van der Waals surface area contributed by atoms with Crippen molar-refractivity contribution in [1.82, 2.24) is 16.0 Å². The topological polar surface area (TPSA) is 108 Å². The maximum Gasteiger partial charge on any atom is 0.251 e. The molecule has 1 aliphatic heterocycles. The number of hydrogen-bond donors (Lipinski definition) is 4. The lowest BCUT2D eigenvalue weighted by atomic mass is 9.90. The standard InChI is InChI=1S/C22H27N3O4/c26-9-1-2-20(27)24-18-11-13-10-16(18)19(12-13)25-22(29)15-5-3-14(4-6-15)17-7-8-21(28)23-17/h1-6,13,16-19,26H,7-12H2,(H,23,28)(H,24,27)(H,25,29)/b2-1+/t13-,16+,17?,18-,19+/m1/s1. The molecule has 4 N–H and O–H groups in total. The van der Waals surface area contributed by atoms with E-state index in [9.17, 15) is 14.4 Å². The Hall–Kier alpha value is -2.67. The van der Waals surface area contributed by atoms with Crippen molar-refractivity contribution in [3.05, 3.63) is 47.5 Å². The van der Waals surface area contributed by atoms with Gasteiger partial charge in [0.25, 0.3) is 5.91 Å². The SMILES string of the molecule is O=C(/C=C/CO)N[C@@H]1C[C@H]2C[C@@H]1[C@@H](NC(=O)c1ccc(C3CCC(=O)N3)cc1)C2. The quantitative estimate of drug-likeness (QED) is 0.541. The second-order valence-electron chi connectivity index (χ2n) is 8.30. The summed E-state index contributed by atoms with van der Waals surface area (Å²) < 4.78 is 0. The number of hydrogen-bond acceptors (Lipinski definition) is 4. The number of nitrogens with one attached hydrogen (secondary N) is 3. The van der Waals surface area contributed by atoms with Gasteiger partial charge in [0.15, 0.2) is 0 Å². The molecule has 1 heterocycles. The number of rotatable bonds is 6. The summed E-state index contributed by atoms with van der Waals surface area (Å²) in [5.74, 6) is 0.529. The van der Waals surface area contributed by atoms with Gasteiger partial charge in [0.1, 0.15) is 0 Å². The molecule has 1 saturated heterocycles. The van der Waals surface area contributed by atoms with E-state index >= 15 is 0 Å². The lowest BCUT2D eigenvalue weighted by Crippen LogP contribution is -2.48. The lowest BCUT2D eigenvalue weighted by Gasteiger charge is -2.30. The van der Waals surface area contributed by atoms with E-state index in [4.69, 9.17) is 5.11 Å². The zero-order chi connectivity index (χ0) is 20.4. The molecule has 7 heteroatoms. The van der Waals surface area contributed by atoms with E-state index in [0.717, 1.165) is 31.2 Å². The van der Waals surface area contributed by atoms with Gasteiger partial charge in [-0.2, -0.15) is 0 Å². The van der Waals surface area contributed by atoms with Crippen LogP contribution in [0.1, 0.15) is 54.1 Å². The van der Waals surface area contributed by atoms with Crippen molar-refractivity contribution in [2.45, 2.75) is 50.2 Å². The van der Waals surface area contributed by atoms with Gasteiger partial charge >= 0.3 is 0 Å². The van der Waals surface area contributed by atoms with E-state index < -0.39 is 0 Å². The van der Waals surface area contributed by atoms with Crippen LogP contribution >= 0.6 is 0 Å². The van der Waals surface area contributed by atoms with Crippen molar-refractivity contribution in [2.75, 3.05) is 6.61 Å². The van der Waals surface area contributed by atoms with Gasteiger partial charge in [0.05, 0.1) is 12.6 Å². The van der Waals surface area contributed by atoms with Crippen molar-refractivity contribution >= 4 is 17.7 Å². The highest BCUT2D eigenvalue weighted by Crippen LogP contribution is 2.44. The average molecular weight is 397 g/mol. The van der Waals surface area contributed by atoms with Gasteiger partial charge in [-0.15, -0.1) is 0 Å². The fraction of sp³-hybridized carbons (Fsp3) is 0.500. The highest BCUT2D eigenvalue weighted by Gasteiger charge is 2.47. The molecule has 4 rings (SSSR count). The minimum Gasteiger partial charge on any atom is -0.392 e. The molecule has 1 aromatic carbocycles. The Labute approximate surface area is 169 Å². The molecule has 2 saturated carbocycles. The first-order chi connectivity index (χ1) is 14.0. The second-order valence-corrected chi connectivity index (χ2v) is 8.30. The number of carbonyl (C=O) groups excluding carboxylic acids is 3. The Bertz CT molecular complexity index is 820. The highest BCUT2D eigenvalue weighted by atomic mass is 16.2. The lowest BCUT2D eigenvalue weighted by molar-refractivity contribution is -0.119. The van der Waals surface area contributed by atoms with Crippen LogP contribution in [0, 0.1) is 11.8 Å². The summed E-state index contributed by atoms with van der Waals surface area (Å²) in [5, 5.41) is 17.9. The number of benzene rings is 1. The molecule has 0 radical (unpaired) electrons. The molecule has 0 spiro atoms. The van der Waals surface area contributed by atoms with Crippen LogP contribution < -0.4 is 16.0 Å². The van der Waals surface area contributed by atoms with Crippen molar-refractivity contribution in [3.63, 3.8) is 0 Å².